The van der Waals surface area contributed by atoms with Crippen molar-refractivity contribution < 1.29 is 9.59 Å². The SMILES string of the molecule is CC1=NNC(=O)C1CC(=O)N/N=C/C(Br)=C/c1ccccc1. The Labute approximate surface area is 136 Å². The first kappa shape index (κ1) is 16.1. The van der Waals surface area contributed by atoms with E-state index in [9.17, 15) is 9.59 Å². The molecule has 0 fully saturated rings. The number of nitrogens with zero attached hydrogens (tertiary/aromatic N) is 2. The predicted octanol–water partition coefficient (Wildman–Crippen LogP) is 2.04. The molecule has 2 rings (SSSR count). The maximum Gasteiger partial charge on any atom is 0.249 e. The fourth-order valence-corrected chi connectivity index (χ4v) is 2.24. The molecule has 1 heterocycles. The first-order chi connectivity index (χ1) is 10.6. The van der Waals surface area contributed by atoms with E-state index < -0.39 is 5.92 Å². The van der Waals surface area contributed by atoms with Crippen molar-refractivity contribution in [1.82, 2.24) is 10.9 Å². The molecule has 1 aliphatic heterocycles. The summed E-state index contributed by atoms with van der Waals surface area (Å²) >= 11 is 3.35. The van der Waals surface area contributed by atoms with Crippen LogP contribution in [0, 0.1) is 5.92 Å². The molecule has 0 saturated heterocycles. The van der Waals surface area contributed by atoms with Gasteiger partial charge in [0.15, 0.2) is 0 Å². The van der Waals surface area contributed by atoms with E-state index >= 15 is 0 Å². The number of nitrogens with one attached hydrogen (secondary N) is 2. The number of hydrogen-bond donors (Lipinski definition) is 2. The van der Waals surface area contributed by atoms with E-state index in [0.29, 0.717) is 5.71 Å². The smallest absolute Gasteiger partial charge is 0.249 e. The lowest BCUT2D eigenvalue weighted by Gasteiger charge is -2.05. The third-order valence-electron chi connectivity index (χ3n) is 3.03. The summed E-state index contributed by atoms with van der Waals surface area (Å²) in [6, 6.07) is 9.70. The molecule has 22 heavy (non-hydrogen) atoms. The fourth-order valence-electron chi connectivity index (χ4n) is 1.87. The van der Waals surface area contributed by atoms with Gasteiger partial charge in [-0.05, 0) is 34.5 Å². The number of allylic oxidation sites excluding steroid dienone is 1. The summed E-state index contributed by atoms with van der Waals surface area (Å²) < 4.78 is 0.718. The van der Waals surface area contributed by atoms with Crippen molar-refractivity contribution in [3.63, 3.8) is 0 Å². The van der Waals surface area contributed by atoms with Gasteiger partial charge in [0.2, 0.25) is 11.8 Å². The molecular weight excluding hydrogens is 348 g/mol. The summed E-state index contributed by atoms with van der Waals surface area (Å²) in [6.07, 6.45) is 3.38. The van der Waals surface area contributed by atoms with E-state index in [1.54, 1.807) is 6.92 Å². The highest BCUT2D eigenvalue weighted by Gasteiger charge is 2.28. The monoisotopic (exact) mass is 362 g/mol. The topological polar surface area (TPSA) is 82.9 Å². The van der Waals surface area contributed by atoms with Crippen molar-refractivity contribution in [2.24, 2.45) is 16.1 Å². The van der Waals surface area contributed by atoms with Crippen molar-refractivity contribution in [1.29, 1.82) is 0 Å². The van der Waals surface area contributed by atoms with Crippen LogP contribution in [0.25, 0.3) is 6.08 Å². The molecule has 0 aliphatic carbocycles. The number of benzene rings is 1. The van der Waals surface area contributed by atoms with E-state index in [0.717, 1.165) is 10.0 Å². The predicted molar refractivity (Wildman–Crippen MR) is 89.3 cm³/mol. The second kappa shape index (κ2) is 7.65. The number of halogens is 1. The summed E-state index contributed by atoms with van der Waals surface area (Å²) in [5.41, 5.74) is 6.35. The molecule has 2 amide bonds. The molecule has 1 aromatic rings. The molecule has 1 aliphatic rings. The van der Waals surface area contributed by atoms with Gasteiger partial charge in [-0.2, -0.15) is 10.2 Å². The van der Waals surface area contributed by atoms with Crippen molar-refractivity contribution in [3.8, 4) is 0 Å². The van der Waals surface area contributed by atoms with Crippen LogP contribution in [-0.4, -0.2) is 23.7 Å². The number of rotatable bonds is 5. The molecular formula is C15H15BrN4O2. The molecule has 114 valence electrons. The summed E-state index contributed by atoms with van der Waals surface area (Å²) in [7, 11) is 0. The third kappa shape index (κ3) is 4.63. The van der Waals surface area contributed by atoms with E-state index in [-0.39, 0.29) is 18.2 Å². The zero-order valence-corrected chi connectivity index (χ0v) is 13.5. The Bertz CT molecular complexity index is 653. The largest absolute Gasteiger partial charge is 0.273 e. The molecule has 0 bridgehead atoms. The Balaban J connectivity index is 1.84. The number of amides is 2. The van der Waals surface area contributed by atoms with Gasteiger partial charge in [0.05, 0.1) is 12.1 Å². The second-order valence-corrected chi connectivity index (χ2v) is 5.63. The quantitative estimate of drug-likeness (QED) is 0.620. The summed E-state index contributed by atoms with van der Waals surface area (Å²) in [5, 5.41) is 7.64. The van der Waals surface area contributed by atoms with Crippen LogP contribution in [0.4, 0.5) is 0 Å². The number of carbonyl (C=O) groups excluding carboxylic acids is 2. The third-order valence-corrected chi connectivity index (χ3v) is 3.47. The van der Waals surface area contributed by atoms with Gasteiger partial charge in [-0.1, -0.05) is 30.3 Å². The lowest BCUT2D eigenvalue weighted by molar-refractivity contribution is -0.127. The van der Waals surface area contributed by atoms with E-state index in [4.69, 9.17) is 0 Å². The second-order valence-electron chi connectivity index (χ2n) is 4.72. The van der Waals surface area contributed by atoms with Crippen LogP contribution in [-0.2, 0) is 9.59 Å². The lowest BCUT2D eigenvalue weighted by Crippen LogP contribution is -2.29. The highest BCUT2D eigenvalue weighted by atomic mass is 79.9. The normalized spacial score (nSPS) is 18.3. The zero-order valence-electron chi connectivity index (χ0n) is 11.9. The molecule has 0 saturated carbocycles. The van der Waals surface area contributed by atoms with E-state index in [1.165, 1.54) is 6.21 Å². The minimum atomic E-state index is -0.515. The standard InChI is InChI=1S/C15H15BrN4O2/c1-10-13(15(22)20-18-10)8-14(21)19-17-9-12(16)7-11-5-3-2-4-6-11/h2-7,9,13H,8H2,1H3,(H,19,21)(H,20,22)/b12-7-,17-9+. The summed E-state index contributed by atoms with van der Waals surface area (Å²) in [6.45, 7) is 1.71. The van der Waals surface area contributed by atoms with Crippen LogP contribution in [0.15, 0.2) is 45.0 Å². The Morgan fingerprint density at radius 3 is 2.82 bits per heavy atom. The average molecular weight is 363 g/mol. The molecule has 6 nitrogen and oxygen atoms in total. The lowest BCUT2D eigenvalue weighted by atomic mass is 10.0. The van der Waals surface area contributed by atoms with Gasteiger partial charge in [-0.15, -0.1) is 0 Å². The number of hydrogen-bond acceptors (Lipinski definition) is 4. The van der Waals surface area contributed by atoms with Crippen LogP contribution in [0.5, 0.6) is 0 Å². The highest BCUT2D eigenvalue weighted by molar-refractivity contribution is 9.12. The molecule has 7 heteroatoms. The molecule has 1 unspecified atom stereocenters. The Kier molecular flexibility index (Phi) is 5.60. The minimum Gasteiger partial charge on any atom is -0.273 e. The van der Waals surface area contributed by atoms with Crippen molar-refractivity contribution in [3.05, 3.63) is 40.4 Å². The molecule has 1 aromatic carbocycles. The average Bonchev–Trinajstić information content (AvgIpc) is 2.80. The van der Waals surface area contributed by atoms with Crippen LogP contribution in [0.1, 0.15) is 18.9 Å². The Morgan fingerprint density at radius 1 is 1.45 bits per heavy atom. The van der Waals surface area contributed by atoms with Crippen LogP contribution >= 0.6 is 15.9 Å². The van der Waals surface area contributed by atoms with Crippen molar-refractivity contribution in [2.75, 3.05) is 0 Å². The minimum absolute atomic E-state index is 0.0263. The van der Waals surface area contributed by atoms with E-state index in [2.05, 4.69) is 37.0 Å². The van der Waals surface area contributed by atoms with Gasteiger partial charge in [0.1, 0.15) is 0 Å². The number of hydrazone groups is 2. The molecule has 2 N–H and O–H groups in total. The van der Waals surface area contributed by atoms with Crippen LogP contribution in [0.2, 0.25) is 0 Å². The van der Waals surface area contributed by atoms with Gasteiger partial charge >= 0.3 is 0 Å². The van der Waals surface area contributed by atoms with Gasteiger partial charge < -0.3 is 0 Å². The van der Waals surface area contributed by atoms with Gasteiger partial charge in [0.25, 0.3) is 0 Å². The van der Waals surface area contributed by atoms with Crippen LogP contribution in [0.3, 0.4) is 0 Å². The summed E-state index contributed by atoms with van der Waals surface area (Å²) in [5.74, 6) is -1.12. The van der Waals surface area contributed by atoms with Gasteiger partial charge in [-0.3, -0.25) is 9.59 Å². The van der Waals surface area contributed by atoms with Crippen molar-refractivity contribution in [2.45, 2.75) is 13.3 Å². The molecule has 1 atom stereocenters. The zero-order chi connectivity index (χ0) is 15.9. The maximum absolute atomic E-state index is 11.7. The fraction of sp³-hybridized carbons (Fsp3) is 0.200. The molecule has 0 aromatic heterocycles. The molecule has 0 spiro atoms. The highest BCUT2D eigenvalue weighted by Crippen LogP contribution is 2.12. The Hall–Kier alpha value is -2.28. The van der Waals surface area contributed by atoms with Gasteiger partial charge in [0, 0.05) is 16.6 Å². The van der Waals surface area contributed by atoms with Crippen LogP contribution < -0.4 is 10.9 Å². The maximum atomic E-state index is 11.7. The van der Waals surface area contributed by atoms with Gasteiger partial charge in [-0.25, -0.2) is 10.9 Å². The Morgan fingerprint density at radius 2 is 2.18 bits per heavy atom. The summed E-state index contributed by atoms with van der Waals surface area (Å²) in [4.78, 5) is 23.2. The number of carbonyl (C=O) groups is 2. The first-order valence-corrected chi connectivity index (χ1v) is 7.44. The van der Waals surface area contributed by atoms with E-state index in [1.807, 2.05) is 36.4 Å². The first-order valence-electron chi connectivity index (χ1n) is 6.64. The van der Waals surface area contributed by atoms with Crippen molar-refractivity contribution >= 4 is 45.7 Å². The molecule has 0 radical (unpaired) electrons.